The number of carbonyl (C=O) groups is 2. The van der Waals surface area contributed by atoms with E-state index in [0.29, 0.717) is 30.0 Å². The van der Waals surface area contributed by atoms with E-state index in [4.69, 9.17) is 4.98 Å². The van der Waals surface area contributed by atoms with Gasteiger partial charge in [-0.2, -0.15) is 0 Å². The topological polar surface area (TPSA) is 91.3 Å². The molecule has 4 rings (SSSR count). The highest BCUT2D eigenvalue weighted by molar-refractivity contribution is 6.04. The molecule has 0 radical (unpaired) electrons. The van der Waals surface area contributed by atoms with Gasteiger partial charge < -0.3 is 15.1 Å². The molecule has 1 unspecified atom stereocenters. The Hall–Kier alpha value is -3.81. The SMILES string of the molecule is CCC1C(=O)N(C)c2cnc(-c3ccncc3CNC(=O)c3ccccc3)nc2N1C(C)C. The van der Waals surface area contributed by atoms with Gasteiger partial charge in [0.25, 0.3) is 5.91 Å². The van der Waals surface area contributed by atoms with Gasteiger partial charge in [0.2, 0.25) is 5.91 Å². The molecule has 1 aliphatic heterocycles. The van der Waals surface area contributed by atoms with Crippen molar-refractivity contribution >= 4 is 23.3 Å². The molecule has 0 spiro atoms. The number of pyridine rings is 1. The summed E-state index contributed by atoms with van der Waals surface area (Å²) in [5, 5.41) is 2.95. The number of amides is 2. The lowest BCUT2D eigenvalue weighted by Gasteiger charge is -2.42. The molecule has 8 heteroatoms. The molecular formula is C25H28N6O2. The molecule has 1 aliphatic rings. The van der Waals surface area contributed by atoms with Crippen LogP contribution in [0.2, 0.25) is 0 Å². The number of likely N-dealkylation sites (N-methyl/N-ethyl adjacent to an activating group) is 1. The molecule has 2 amide bonds. The first-order chi connectivity index (χ1) is 15.9. The van der Waals surface area contributed by atoms with Crippen LogP contribution in [0.5, 0.6) is 0 Å². The van der Waals surface area contributed by atoms with Crippen LogP contribution in [0, 0.1) is 0 Å². The second kappa shape index (κ2) is 9.36. The number of hydrogen-bond acceptors (Lipinski definition) is 6. The van der Waals surface area contributed by atoms with Crippen LogP contribution in [-0.2, 0) is 11.3 Å². The normalized spacial score (nSPS) is 15.5. The molecule has 1 N–H and O–H groups in total. The molecular weight excluding hydrogens is 416 g/mol. The summed E-state index contributed by atoms with van der Waals surface area (Å²) in [6, 6.07) is 10.7. The fourth-order valence-electron chi connectivity index (χ4n) is 4.16. The van der Waals surface area contributed by atoms with Crippen LogP contribution in [0.3, 0.4) is 0 Å². The number of fused-ring (bicyclic) bond motifs is 1. The molecule has 170 valence electrons. The summed E-state index contributed by atoms with van der Waals surface area (Å²) < 4.78 is 0. The van der Waals surface area contributed by atoms with Crippen molar-refractivity contribution in [1.29, 1.82) is 0 Å². The van der Waals surface area contributed by atoms with E-state index < -0.39 is 0 Å². The molecule has 3 heterocycles. The Bertz CT molecular complexity index is 1160. The van der Waals surface area contributed by atoms with Gasteiger partial charge in [-0.1, -0.05) is 25.1 Å². The van der Waals surface area contributed by atoms with Crippen molar-refractivity contribution in [3.05, 3.63) is 66.1 Å². The molecule has 1 aromatic carbocycles. The van der Waals surface area contributed by atoms with Crippen molar-refractivity contribution < 1.29 is 9.59 Å². The van der Waals surface area contributed by atoms with E-state index in [1.807, 2.05) is 31.2 Å². The summed E-state index contributed by atoms with van der Waals surface area (Å²) in [5.74, 6) is 1.15. The summed E-state index contributed by atoms with van der Waals surface area (Å²) in [5.41, 5.74) is 2.89. The highest BCUT2D eigenvalue weighted by Crippen LogP contribution is 2.37. The van der Waals surface area contributed by atoms with Gasteiger partial charge in [0.05, 0.1) is 6.20 Å². The lowest BCUT2D eigenvalue weighted by molar-refractivity contribution is -0.120. The Morgan fingerprint density at radius 3 is 2.61 bits per heavy atom. The predicted octanol–water partition coefficient (Wildman–Crippen LogP) is 3.44. The minimum absolute atomic E-state index is 0.0447. The summed E-state index contributed by atoms with van der Waals surface area (Å²) in [7, 11) is 1.77. The van der Waals surface area contributed by atoms with Crippen LogP contribution >= 0.6 is 0 Å². The Balaban J connectivity index is 1.68. The zero-order valence-electron chi connectivity index (χ0n) is 19.3. The zero-order chi connectivity index (χ0) is 23.5. The van der Waals surface area contributed by atoms with Crippen molar-refractivity contribution in [3.8, 4) is 11.4 Å². The number of aromatic nitrogens is 3. The largest absolute Gasteiger partial charge is 0.348 e. The molecule has 0 saturated carbocycles. The minimum Gasteiger partial charge on any atom is -0.348 e. The summed E-state index contributed by atoms with van der Waals surface area (Å²) in [6.45, 7) is 6.42. The highest BCUT2D eigenvalue weighted by atomic mass is 16.2. The predicted molar refractivity (Wildman–Crippen MR) is 128 cm³/mol. The first kappa shape index (κ1) is 22.4. The molecule has 3 aromatic rings. The lowest BCUT2D eigenvalue weighted by Crippen LogP contribution is -2.54. The molecule has 0 saturated heterocycles. The van der Waals surface area contributed by atoms with Gasteiger partial charge in [-0.25, -0.2) is 9.97 Å². The van der Waals surface area contributed by atoms with E-state index in [1.54, 1.807) is 42.7 Å². The number of carbonyl (C=O) groups excluding carboxylic acids is 2. The van der Waals surface area contributed by atoms with Crippen molar-refractivity contribution in [1.82, 2.24) is 20.3 Å². The number of anilines is 2. The Labute approximate surface area is 193 Å². The van der Waals surface area contributed by atoms with Crippen molar-refractivity contribution in [2.24, 2.45) is 0 Å². The number of nitrogens with one attached hydrogen (secondary N) is 1. The highest BCUT2D eigenvalue weighted by Gasteiger charge is 2.38. The summed E-state index contributed by atoms with van der Waals surface area (Å²) >= 11 is 0. The van der Waals surface area contributed by atoms with Crippen LogP contribution in [-0.4, -0.2) is 45.9 Å². The third kappa shape index (κ3) is 4.28. The molecule has 0 fully saturated rings. The van der Waals surface area contributed by atoms with E-state index in [0.717, 1.165) is 16.9 Å². The van der Waals surface area contributed by atoms with Gasteiger partial charge >= 0.3 is 0 Å². The quantitative estimate of drug-likeness (QED) is 0.626. The maximum absolute atomic E-state index is 12.9. The molecule has 0 bridgehead atoms. The van der Waals surface area contributed by atoms with Crippen molar-refractivity contribution in [3.63, 3.8) is 0 Å². The smallest absolute Gasteiger partial charge is 0.251 e. The van der Waals surface area contributed by atoms with E-state index >= 15 is 0 Å². The maximum Gasteiger partial charge on any atom is 0.251 e. The first-order valence-corrected chi connectivity index (χ1v) is 11.1. The first-order valence-electron chi connectivity index (χ1n) is 11.1. The Morgan fingerprint density at radius 2 is 1.91 bits per heavy atom. The third-order valence-corrected chi connectivity index (χ3v) is 5.87. The summed E-state index contributed by atoms with van der Waals surface area (Å²) in [4.78, 5) is 42.8. The third-order valence-electron chi connectivity index (χ3n) is 5.87. The monoisotopic (exact) mass is 444 g/mol. The van der Waals surface area contributed by atoms with Crippen LogP contribution in [0.4, 0.5) is 11.5 Å². The van der Waals surface area contributed by atoms with Gasteiger partial charge in [-0.05, 0) is 38.5 Å². The molecule has 33 heavy (non-hydrogen) atoms. The number of rotatable bonds is 6. The standard InChI is InChI=1S/C25H28N6O2/c1-5-20-25(33)30(4)21-15-27-22(29-23(21)31(20)16(2)3)19-11-12-26-13-18(19)14-28-24(32)17-9-7-6-8-10-17/h6-13,15-16,20H,5,14H2,1-4H3,(H,28,32). The van der Waals surface area contributed by atoms with E-state index in [9.17, 15) is 9.59 Å². The van der Waals surface area contributed by atoms with E-state index in [1.165, 1.54) is 0 Å². The van der Waals surface area contributed by atoms with Gasteiger partial charge in [-0.3, -0.25) is 14.6 Å². The minimum atomic E-state index is -0.271. The summed E-state index contributed by atoms with van der Waals surface area (Å²) in [6.07, 6.45) is 5.79. The zero-order valence-corrected chi connectivity index (χ0v) is 19.3. The van der Waals surface area contributed by atoms with Gasteiger partial charge in [0.1, 0.15) is 11.7 Å². The fraction of sp³-hybridized carbons (Fsp3) is 0.320. The average Bonchev–Trinajstić information content (AvgIpc) is 2.84. The fourth-order valence-corrected chi connectivity index (χ4v) is 4.16. The van der Waals surface area contributed by atoms with E-state index in [2.05, 4.69) is 34.0 Å². The lowest BCUT2D eigenvalue weighted by atomic mass is 10.0. The van der Waals surface area contributed by atoms with E-state index in [-0.39, 0.29) is 23.9 Å². The van der Waals surface area contributed by atoms with Crippen molar-refractivity contribution in [2.45, 2.75) is 45.8 Å². The second-order valence-corrected chi connectivity index (χ2v) is 8.31. The van der Waals surface area contributed by atoms with Crippen LogP contribution in [0.25, 0.3) is 11.4 Å². The van der Waals surface area contributed by atoms with Crippen molar-refractivity contribution in [2.75, 3.05) is 16.8 Å². The number of hydrogen-bond donors (Lipinski definition) is 1. The molecule has 0 aliphatic carbocycles. The average molecular weight is 445 g/mol. The van der Waals surface area contributed by atoms with Crippen LogP contribution < -0.4 is 15.1 Å². The Kier molecular flexibility index (Phi) is 6.35. The van der Waals surface area contributed by atoms with Gasteiger partial charge in [-0.15, -0.1) is 0 Å². The number of benzene rings is 1. The van der Waals surface area contributed by atoms with Gasteiger partial charge in [0.15, 0.2) is 11.6 Å². The van der Waals surface area contributed by atoms with Crippen LogP contribution in [0.15, 0.2) is 55.0 Å². The molecule has 1 atom stereocenters. The second-order valence-electron chi connectivity index (χ2n) is 8.31. The van der Waals surface area contributed by atoms with Gasteiger partial charge in [0, 0.05) is 48.7 Å². The number of nitrogens with zero attached hydrogens (tertiary/aromatic N) is 5. The van der Waals surface area contributed by atoms with Crippen LogP contribution in [0.1, 0.15) is 43.1 Å². The molecule has 2 aromatic heterocycles. The Morgan fingerprint density at radius 1 is 1.15 bits per heavy atom. The maximum atomic E-state index is 12.9. The molecule has 8 nitrogen and oxygen atoms in total.